The number of aromatic carboxylic acids is 1. The summed E-state index contributed by atoms with van der Waals surface area (Å²) in [5.74, 6) is 1.29. The third-order valence-corrected chi connectivity index (χ3v) is 8.85. The molecule has 36 heavy (non-hydrogen) atoms. The summed E-state index contributed by atoms with van der Waals surface area (Å²) in [5, 5.41) is 9.58. The van der Waals surface area contributed by atoms with Gasteiger partial charge in [-0.2, -0.15) is 0 Å². The van der Waals surface area contributed by atoms with E-state index < -0.39 is 5.97 Å². The highest BCUT2D eigenvalue weighted by atomic mass is 19.1. The number of alkyl halides is 1. The second-order valence-electron chi connectivity index (χ2n) is 11.3. The molecule has 4 heteroatoms. The average Bonchev–Trinajstić information content (AvgIpc) is 3.26. The predicted octanol–water partition coefficient (Wildman–Crippen LogP) is 7.18. The minimum Gasteiger partial charge on any atom is -0.478 e. The number of hydrogen-bond acceptors (Lipinski definition) is 2. The van der Waals surface area contributed by atoms with Crippen LogP contribution in [0.15, 0.2) is 48.0 Å². The Morgan fingerprint density at radius 2 is 1.86 bits per heavy atom. The van der Waals surface area contributed by atoms with Gasteiger partial charge < -0.3 is 10.0 Å². The van der Waals surface area contributed by atoms with E-state index in [0.717, 1.165) is 51.2 Å². The number of fused-ring (bicyclic) bond motifs is 1. The van der Waals surface area contributed by atoms with Gasteiger partial charge in [-0.3, -0.25) is 4.39 Å². The summed E-state index contributed by atoms with van der Waals surface area (Å²) in [6, 6.07) is 15.0. The van der Waals surface area contributed by atoms with E-state index in [9.17, 15) is 14.3 Å². The Hall–Kier alpha value is -2.46. The maximum atomic E-state index is 12.4. The number of carbonyl (C=O) groups is 1. The smallest absolute Gasteiger partial charge is 0.335 e. The first kappa shape index (κ1) is 25.2. The third-order valence-electron chi connectivity index (χ3n) is 8.85. The lowest BCUT2D eigenvalue weighted by atomic mass is 9.83. The number of nitrogens with zero attached hydrogens (tertiary/aromatic N) is 1. The van der Waals surface area contributed by atoms with Crippen LogP contribution >= 0.6 is 0 Å². The van der Waals surface area contributed by atoms with E-state index in [2.05, 4.69) is 42.2 Å². The van der Waals surface area contributed by atoms with Crippen molar-refractivity contribution in [2.45, 2.75) is 64.7 Å². The molecule has 2 aromatic carbocycles. The molecule has 1 heterocycles. The van der Waals surface area contributed by atoms with Crippen molar-refractivity contribution in [1.29, 1.82) is 0 Å². The number of halogens is 1. The normalized spacial score (nSPS) is 22.8. The standard InChI is InChI=1S/C32H40FNO2/c1-2-22-7-12-27(18-22)29-6-3-5-26-19-28(32(35)36)13-14-30(26)31(29)25-10-8-23(9-11-25)17-24-20-34(21-24)16-4-15-33/h8-11,13-14,19,22,24,27H,2-7,12,15-18,20-21H2,1H3,(H,35,36). The van der Waals surface area contributed by atoms with Crippen molar-refractivity contribution in [2.24, 2.45) is 17.8 Å². The molecule has 3 aliphatic rings. The van der Waals surface area contributed by atoms with Gasteiger partial charge in [-0.05, 0) is 109 Å². The molecule has 1 aliphatic heterocycles. The first-order chi connectivity index (χ1) is 17.6. The van der Waals surface area contributed by atoms with Crippen molar-refractivity contribution in [2.75, 3.05) is 26.3 Å². The van der Waals surface area contributed by atoms with Crippen LogP contribution in [0.5, 0.6) is 0 Å². The Bertz CT molecular complexity index is 1100. The van der Waals surface area contributed by atoms with Crippen molar-refractivity contribution in [3.8, 4) is 0 Å². The summed E-state index contributed by atoms with van der Waals surface area (Å²) in [4.78, 5) is 14.0. The lowest BCUT2D eigenvalue weighted by Gasteiger charge is -2.39. The molecule has 2 atom stereocenters. The second-order valence-corrected chi connectivity index (χ2v) is 11.3. The zero-order valence-electron chi connectivity index (χ0n) is 21.6. The van der Waals surface area contributed by atoms with Crippen LogP contribution in [0.3, 0.4) is 0 Å². The highest BCUT2D eigenvalue weighted by Gasteiger charge is 2.31. The van der Waals surface area contributed by atoms with Crippen molar-refractivity contribution in [3.63, 3.8) is 0 Å². The Kier molecular flexibility index (Phi) is 7.90. The largest absolute Gasteiger partial charge is 0.478 e. The SMILES string of the molecule is CCC1CCC(C2=C(c3ccc(CC4CN(CCCF)C4)cc3)c3ccc(C(=O)O)cc3CCC2)C1. The van der Waals surface area contributed by atoms with Gasteiger partial charge in [0.25, 0.3) is 0 Å². The molecule has 1 saturated carbocycles. The van der Waals surface area contributed by atoms with Gasteiger partial charge in [-0.1, -0.05) is 49.2 Å². The van der Waals surface area contributed by atoms with Crippen LogP contribution < -0.4 is 0 Å². The fraction of sp³-hybridized carbons (Fsp3) is 0.531. The molecule has 0 radical (unpaired) electrons. The van der Waals surface area contributed by atoms with Gasteiger partial charge in [-0.15, -0.1) is 0 Å². The molecule has 0 spiro atoms. The number of carboxylic acids is 1. The van der Waals surface area contributed by atoms with E-state index in [1.807, 2.05) is 6.07 Å². The van der Waals surface area contributed by atoms with Crippen molar-refractivity contribution in [3.05, 3.63) is 75.9 Å². The summed E-state index contributed by atoms with van der Waals surface area (Å²) in [6.45, 7) is 5.14. The number of benzene rings is 2. The van der Waals surface area contributed by atoms with Gasteiger partial charge in [0.05, 0.1) is 12.2 Å². The summed E-state index contributed by atoms with van der Waals surface area (Å²) in [7, 11) is 0. The zero-order chi connectivity index (χ0) is 25.1. The highest BCUT2D eigenvalue weighted by Crippen LogP contribution is 2.45. The first-order valence-electron chi connectivity index (χ1n) is 14.0. The summed E-state index contributed by atoms with van der Waals surface area (Å²) < 4.78 is 12.4. The van der Waals surface area contributed by atoms with Gasteiger partial charge in [0, 0.05) is 19.6 Å². The molecular formula is C32H40FNO2. The molecule has 2 unspecified atom stereocenters. The van der Waals surface area contributed by atoms with Crippen molar-refractivity contribution < 1.29 is 14.3 Å². The maximum Gasteiger partial charge on any atom is 0.335 e. The van der Waals surface area contributed by atoms with Crippen LogP contribution in [0.1, 0.15) is 84.5 Å². The molecule has 0 aromatic heterocycles. The van der Waals surface area contributed by atoms with Gasteiger partial charge >= 0.3 is 5.97 Å². The average molecular weight is 490 g/mol. The molecule has 192 valence electrons. The van der Waals surface area contributed by atoms with Crippen LogP contribution in [0.25, 0.3) is 5.57 Å². The molecular weight excluding hydrogens is 449 g/mol. The van der Waals surface area contributed by atoms with Gasteiger partial charge in [0.2, 0.25) is 0 Å². The molecule has 2 fully saturated rings. The monoisotopic (exact) mass is 489 g/mol. The lowest BCUT2D eigenvalue weighted by Crippen LogP contribution is -2.47. The highest BCUT2D eigenvalue weighted by molar-refractivity contribution is 5.90. The third kappa shape index (κ3) is 5.44. The number of aryl methyl sites for hydroxylation is 1. The number of likely N-dealkylation sites (tertiary alicyclic amines) is 1. The second kappa shape index (κ2) is 11.3. The van der Waals surface area contributed by atoms with Crippen LogP contribution in [0.4, 0.5) is 4.39 Å². The Balaban J connectivity index is 1.43. The number of carboxylic acid groups (broad SMARTS) is 1. The molecule has 5 rings (SSSR count). The predicted molar refractivity (Wildman–Crippen MR) is 144 cm³/mol. The molecule has 3 nitrogen and oxygen atoms in total. The van der Waals surface area contributed by atoms with E-state index in [0.29, 0.717) is 23.8 Å². The molecule has 0 amide bonds. The van der Waals surface area contributed by atoms with Gasteiger partial charge in [0.1, 0.15) is 0 Å². The fourth-order valence-electron chi connectivity index (χ4n) is 6.87. The molecule has 0 bridgehead atoms. The fourth-order valence-corrected chi connectivity index (χ4v) is 6.87. The van der Waals surface area contributed by atoms with Crippen molar-refractivity contribution >= 4 is 11.5 Å². The van der Waals surface area contributed by atoms with Crippen molar-refractivity contribution in [1.82, 2.24) is 4.90 Å². The van der Waals surface area contributed by atoms with E-state index in [4.69, 9.17) is 0 Å². The molecule has 1 N–H and O–H groups in total. The minimum absolute atomic E-state index is 0.221. The Morgan fingerprint density at radius 1 is 1.06 bits per heavy atom. The van der Waals surface area contributed by atoms with Crippen LogP contribution in [0, 0.1) is 17.8 Å². The van der Waals surface area contributed by atoms with Gasteiger partial charge in [-0.25, -0.2) is 4.79 Å². The quantitative estimate of drug-likeness (QED) is 0.405. The summed E-state index contributed by atoms with van der Waals surface area (Å²) in [5.41, 5.74) is 8.42. The maximum absolute atomic E-state index is 12.4. The number of rotatable bonds is 9. The molecule has 2 aliphatic carbocycles. The van der Waals surface area contributed by atoms with Crippen LogP contribution in [-0.2, 0) is 12.8 Å². The van der Waals surface area contributed by atoms with Crippen LogP contribution in [0.2, 0.25) is 0 Å². The summed E-state index contributed by atoms with van der Waals surface area (Å²) in [6.07, 6.45) is 10.0. The van der Waals surface area contributed by atoms with Crippen LogP contribution in [-0.4, -0.2) is 42.3 Å². The number of hydrogen-bond donors (Lipinski definition) is 1. The topological polar surface area (TPSA) is 40.5 Å². The Labute approximate surface area is 215 Å². The minimum atomic E-state index is -0.849. The van der Waals surface area contributed by atoms with Gasteiger partial charge in [0.15, 0.2) is 0 Å². The molecule has 2 aromatic rings. The van der Waals surface area contributed by atoms with E-state index in [-0.39, 0.29) is 6.67 Å². The summed E-state index contributed by atoms with van der Waals surface area (Å²) >= 11 is 0. The van der Waals surface area contributed by atoms with E-state index in [1.165, 1.54) is 53.5 Å². The first-order valence-corrected chi connectivity index (χ1v) is 14.0. The zero-order valence-corrected chi connectivity index (χ0v) is 21.6. The van der Waals surface area contributed by atoms with E-state index in [1.54, 1.807) is 11.6 Å². The Morgan fingerprint density at radius 3 is 2.56 bits per heavy atom. The molecule has 1 saturated heterocycles. The lowest BCUT2D eigenvalue weighted by molar-refractivity contribution is 0.0696. The van der Waals surface area contributed by atoms with E-state index >= 15 is 0 Å². The number of allylic oxidation sites excluding steroid dienone is 1.